The van der Waals surface area contributed by atoms with Crippen LogP contribution in [0.2, 0.25) is 0 Å². The number of nitro groups is 1. The minimum atomic E-state index is -0.751. The molecule has 2 aromatic rings. The third-order valence-corrected chi connectivity index (χ3v) is 2.44. The predicted octanol–water partition coefficient (Wildman–Crippen LogP) is 0.819. The molecule has 0 saturated heterocycles. The van der Waals surface area contributed by atoms with E-state index >= 15 is 0 Å². The first-order valence-electron chi connectivity index (χ1n) is 5.55. The second kappa shape index (κ2) is 5.48. The molecule has 0 unspecified atom stereocenters. The fourth-order valence-electron chi connectivity index (χ4n) is 1.52. The van der Waals surface area contributed by atoms with E-state index in [0.717, 1.165) is 12.6 Å². The lowest BCUT2D eigenvalue weighted by atomic mass is 10.2. The largest absolute Gasteiger partial charge is 0.310 e. The molecule has 0 atom stereocenters. The molecule has 0 spiro atoms. The van der Waals surface area contributed by atoms with E-state index < -0.39 is 10.7 Å². The molecule has 2 rings (SSSR count). The maximum absolute atomic E-state index is 13.8. The number of non-ortho nitro benzene ring substituents is 1. The van der Waals surface area contributed by atoms with Crippen molar-refractivity contribution in [2.45, 2.75) is 13.5 Å². The van der Waals surface area contributed by atoms with Crippen molar-refractivity contribution in [2.24, 2.45) is 0 Å². The van der Waals surface area contributed by atoms with Crippen LogP contribution in [0.4, 0.5) is 10.1 Å². The molecule has 100 valence electrons. The number of aromatic nitrogens is 4. The summed E-state index contributed by atoms with van der Waals surface area (Å²) in [7, 11) is 0. The fraction of sp³-hybridized carbons (Fsp3) is 0.300. The number of halogens is 1. The molecule has 0 aliphatic heterocycles. The monoisotopic (exact) mass is 266 g/mol. The van der Waals surface area contributed by atoms with Crippen LogP contribution < -0.4 is 5.32 Å². The van der Waals surface area contributed by atoms with Crippen LogP contribution in [-0.4, -0.2) is 31.7 Å². The normalized spacial score (nSPS) is 10.6. The topological polar surface area (TPSA) is 98.8 Å². The van der Waals surface area contributed by atoms with Crippen LogP contribution in [0.5, 0.6) is 0 Å². The SMILES string of the molecule is CCNCc1nnnn1-c1ccc([N+](=O)[O-])cc1F. The smallest absolute Gasteiger partial charge is 0.272 e. The van der Waals surface area contributed by atoms with Crippen LogP contribution in [0.1, 0.15) is 12.7 Å². The Bertz CT molecular complexity index is 599. The number of hydrogen-bond acceptors (Lipinski definition) is 6. The highest BCUT2D eigenvalue weighted by atomic mass is 19.1. The van der Waals surface area contributed by atoms with Gasteiger partial charge in [-0.15, -0.1) is 5.10 Å². The molecule has 0 aliphatic carbocycles. The molecule has 0 radical (unpaired) electrons. The van der Waals surface area contributed by atoms with E-state index in [1.54, 1.807) is 0 Å². The van der Waals surface area contributed by atoms with Crippen molar-refractivity contribution in [3.05, 3.63) is 40.0 Å². The Morgan fingerprint density at radius 3 is 2.95 bits per heavy atom. The van der Waals surface area contributed by atoms with E-state index in [4.69, 9.17) is 0 Å². The van der Waals surface area contributed by atoms with E-state index in [9.17, 15) is 14.5 Å². The van der Waals surface area contributed by atoms with Crippen LogP contribution in [0.15, 0.2) is 18.2 Å². The number of hydrogen-bond donors (Lipinski definition) is 1. The Labute approximate surface area is 107 Å². The number of benzene rings is 1. The number of rotatable bonds is 5. The Hall–Kier alpha value is -2.42. The second-order valence-corrected chi connectivity index (χ2v) is 3.68. The lowest BCUT2D eigenvalue weighted by Gasteiger charge is -2.05. The van der Waals surface area contributed by atoms with Crippen molar-refractivity contribution in [1.82, 2.24) is 25.5 Å². The van der Waals surface area contributed by atoms with Crippen LogP contribution in [0, 0.1) is 15.9 Å². The average Bonchev–Trinajstić information content (AvgIpc) is 2.84. The van der Waals surface area contributed by atoms with Crippen molar-refractivity contribution in [2.75, 3.05) is 6.54 Å². The lowest BCUT2D eigenvalue weighted by molar-refractivity contribution is -0.385. The van der Waals surface area contributed by atoms with Crippen molar-refractivity contribution < 1.29 is 9.31 Å². The standard InChI is InChI=1S/C10H11FN6O2/c1-2-12-6-10-13-14-15-16(10)9-4-3-7(17(18)19)5-8(9)11/h3-5,12H,2,6H2,1H3. The minimum absolute atomic E-state index is 0.0727. The summed E-state index contributed by atoms with van der Waals surface area (Å²) in [5.74, 6) is -0.325. The third-order valence-electron chi connectivity index (χ3n) is 2.44. The van der Waals surface area contributed by atoms with Gasteiger partial charge in [-0.3, -0.25) is 10.1 Å². The summed E-state index contributed by atoms with van der Waals surface area (Å²) in [5, 5.41) is 24.5. The molecule has 8 nitrogen and oxygen atoms in total. The third kappa shape index (κ3) is 2.71. The lowest BCUT2D eigenvalue weighted by Crippen LogP contribution is -2.16. The molecule has 0 bridgehead atoms. The number of nitrogens with one attached hydrogen (secondary N) is 1. The maximum atomic E-state index is 13.8. The van der Waals surface area contributed by atoms with Gasteiger partial charge in [-0.25, -0.2) is 4.39 Å². The van der Waals surface area contributed by atoms with Crippen molar-refractivity contribution in [3.63, 3.8) is 0 Å². The highest BCUT2D eigenvalue weighted by molar-refractivity contribution is 5.42. The van der Waals surface area contributed by atoms with Gasteiger partial charge < -0.3 is 5.32 Å². The summed E-state index contributed by atoms with van der Waals surface area (Å²) in [4.78, 5) is 9.88. The van der Waals surface area contributed by atoms with Gasteiger partial charge in [0.2, 0.25) is 0 Å². The molecule has 9 heteroatoms. The molecule has 1 aromatic heterocycles. The molecule has 0 saturated carbocycles. The molecule has 1 N–H and O–H groups in total. The Morgan fingerprint density at radius 1 is 1.53 bits per heavy atom. The van der Waals surface area contributed by atoms with Gasteiger partial charge >= 0.3 is 0 Å². The van der Waals surface area contributed by atoms with Crippen molar-refractivity contribution >= 4 is 5.69 Å². The zero-order chi connectivity index (χ0) is 13.8. The summed E-state index contributed by atoms with van der Waals surface area (Å²) >= 11 is 0. The van der Waals surface area contributed by atoms with Crippen molar-refractivity contribution in [3.8, 4) is 5.69 Å². The molecular formula is C10H11FN6O2. The highest BCUT2D eigenvalue weighted by Crippen LogP contribution is 2.19. The Kier molecular flexibility index (Phi) is 3.76. The van der Waals surface area contributed by atoms with Gasteiger partial charge in [-0.1, -0.05) is 6.92 Å². The zero-order valence-corrected chi connectivity index (χ0v) is 10.1. The number of nitrogens with zero attached hydrogens (tertiary/aromatic N) is 5. The molecule has 0 aliphatic rings. The van der Waals surface area contributed by atoms with Gasteiger partial charge in [0.1, 0.15) is 5.69 Å². The summed E-state index contributed by atoms with van der Waals surface area (Å²) < 4.78 is 15.0. The molecule has 1 aromatic carbocycles. The molecule has 0 fully saturated rings. The number of nitro benzene ring substituents is 1. The van der Waals surface area contributed by atoms with E-state index in [1.807, 2.05) is 6.92 Å². The second-order valence-electron chi connectivity index (χ2n) is 3.68. The first-order chi connectivity index (χ1) is 9.13. The van der Waals surface area contributed by atoms with E-state index in [-0.39, 0.29) is 11.4 Å². The molecule has 0 amide bonds. The molecular weight excluding hydrogens is 255 g/mol. The van der Waals surface area contributed by atoms with E-state index in [2.05, 4.69) is 20.8 Å². The first-order valence-corrected chi connectivity index (χ1v) is 5.55. The summed E-state index contributed by atoms with van der Waals surface area (Å²) in [6.07, 6.45) is 0. The van der Waals surface area contributed by atoms with Crippen molar-refractivity contribution in [1.29, 1.82) is 0 Å². The number of tetrazole rings is 1. The highest BCUT2D eigenvalue weighted by Gasteiger charge is 2.15. The van der Waals surface area contributed by atoms with E-state index in [0.29, 0.717) is 12.4 Å². The fourth-order valence-corrected chi connectivity index (χ4v) is 1.52. The first kappa shape index (κ1) is 13.0. The predicted molar refractivity (Wildman–Crippen MR) is 63.1 cm³/mol. The quantitative estimate of drug-likeness (QED) is 0.635. The zero-order valence-electron chi connectivity index (χ0n) is 10.1. The molecule has 1 heterocycles. The van der Waals surface area contributed by atoms with Gasteiger partial charge in [0.25, 0.3) is 5.69 Å². The minimum Gasteiger partial charge on any atom is -0.310 e. The van der Waals surface area contributed by atoms with Crippen LogP contribution in [0.3, 0.4) is 0 Å². The average molecular weight is 266 g/mol. The summed E-state index contributed by atoms with van der Waals surface area (Å²) in [6, 6.07) is 3.32. The summed E-state index contributed by atoms with van der Waals surface area (Å²) in [5.41, 5.74) is -0.244. The maximum Gasteiger partial charge on any atom is 0.272 e. The van der Waals surface area contributed by atoms with Gasteiger partial charge in [-0.2, -0.15) is 4.68 Å². The molecule has 19 heavy (non-hydrogen) atoms. The Balaban J connectivity index is 2.36. The van der Waals surface area contributed by atoms with Crippen LogP contribution in [0.25, 0.3) is 5.69 Å². The van der Waals surface area contributed by atoms with Gasteiger partial charge in [0.15, 0.2) is 11.6 Å². The van der Waals surface area contributed by atoms with E-state index in [1.165, 1.54) is 16.8 Å². The van der Waals surface area contributed by atoms with Gasteiger partial charge in [-0.05, 0) is 23.0 Å². The Morgan fingerprint density at radius 2 is 2.32 bits per heavy atom. The van der Waals surface area contributed by atoms with Gasteiger partial charge in [0, 0.05) is 6.07 Å². The van der Waals surface area contributed by atoms with Gasteiger partial charge in [0.05, 0.1) is 17.5 Å². The summed E-state index contributed by atoms with van der Waals surface area (Å²) in [6.45, 7) is 3.01. The van der Waals surface area contributed by atoms with Crippen LogP contribution >= 0.6 is 0 Å². The van der Waals surface area contributed by atoms with Crippen LogP contribution in [-0.2, 0) is 6.54 Å².